The third-order valence-electron chi connectivity index (χ3n) is 1.85. The number of phosphoric ester groups is 1. The Balaban J connectivity index is 2.31. The van der Waals surface area contributed by atoms with Gasteiger partial charge in [-0.1, -0.05) is 0 Å². The smallest absolute Gasteiger partial charge is 0.472 e. The fourth-order valence-electron chi connectivity index (χ4n) is 1.01. The number of carbonyl (C=O) groups is 1. The average Bonchev–Trinajstić information content (AvgIpc) is 2.35. The maximum atomic E-state index is 10.9. The van der Waals surface area contributed by atoms with Crippen LogP contribution in [0.1, 0.15) is 10.4 Å². The highest BCUT2D eigenvalue weighted by molar-refractivity contribution is 7.47. The second-order valence-electron chi connectivity index (χ2n) is 3.02. The molecular weight excluding hydrogens is 247 g/mol. The van der Waals surface area contributed by atoms with Crippen LogP contribution in [0.4, 0.5) is 0 Å². The fraction of sp³-hybridized carbons (Fsp3) is 0.300. The zero-order valence-electron chi connectivity index (χ0n) is 9.24. The van der Waals surface area contributed by atoms with Crippen LogP contribution in [0.25, 0.3) is 0 Å². The van der Waals surface area contributed by atoms with Crippen LogP contribution >= 0.6 is 7.82 Å². The molecule has 1 N–H and O–H groups in total. The van der Waals surface area contributed by atoms with Gasteiger partial charge in [0, 0.05) is 12.7 Å². The predicted molar refractivity (Wildman–Crippen MR) is 60.1 cm³/mol. The van der Waals surface area contributed by atoms with Crippen LogP contribution in [0, 0.1) is 0 Å². The molecule has 1 rings (SSSR count). The summed E-state index contributed by atoms with van der Waals surface area (Å²) < 4.78 is 24.9. The molecule has 94 valence electrons. The van der Waals surface area contributed by atoms with Gasteiger partial charge in [-0.2, -0.15) is 0 Å². The predicted octanol–water partition coefficient (Wildman–Crippen LogP) is 1.64. The minimum absolute atomic E-state index is 0.0724. The molecule has 1 aromatic carbocycles. The van der Waals surface area contributed by atoms with Crippen LogP contribution in [-0.2, 0) is 13.6 Å². The largest absolute Gasteiger partial charge is 0.491 e. The summed E-state index contributed by atoms with van der Waals surface area (Å²) in [5, 5.41) is 0. The molecule has 7 heteroatoms. The van der Waals surface area contributed by atoms with E-state index in [1.54, 1.807) is 24.3 Å². The minimum Gasteiger partial charge on any atom is -0.491 e. The van der Waals surface area contributed by atoms with E-state index in [-0.39, 0.29) is 13.2 Å². The van der Waals surface area contributed by atoms with Crippen molar-refractivity contribution in [2.75, 3.05) is 20.3 Å². The number of hydrogen-bond donors (Lipinski definition) is 1. The highest BCUT2D eigenvalue weighted by Crippen LogP contribution is 2.41. The van der Waals surface area contributed by atoms with Gasteiger partial charge >= 0.3 is 7.82 Å². The summed E-state index contributed by atoms with van der Waals surface area (Å²) in [6.45, 7) is 0.0331. The van der Waals surface area contributed by atoms with Gasteiger partial charge in [0.1, 0.15) is 18.6 Å². The standard InChI is InChI=1S/C10H13O6P/c1-14-17(12,13)16-7-6-15-10-4-2-9(8-11)3-5-10/h2-5,8H,6-7H2,1H3,(H,12,13). The molecule has 0 aliphatic heterocycles. The molecule has 6 nitrogen and oxygen atoms in total. The third-order valence-corrected chi connectivity index (χ3v) is 2.82. The monoisotopic (exact) mass is 260 g/mol. The van der Waals surface area contributed by atoms with Crippen LogP contribution in [0.15, 0.2) is 24.3 Å². The molecule has 0 aliphatic carbocycles. The molecule has 0 aliphatic rings. The summed E-state index contributed by atoms with van der Waals surface area (Å²) in [4.78, 5) is 19.3. The van der Waals surface area contributed by atoms with Gasteiger partial charge in [-0.15, -0.1) is 0 Å². The van der Waals surface area contributed by atoms with Crippen molar-refractivity contribution in [2.24, 2.45) is 0 Å². The minimum atomic E-state index is -3.93. The van der Waals surface area contributed by atoms with E-state index in [9.17, 15) is 9.36 Å². The van der Waals surface area contributed by atoms with Gasteiger partial charge in [0.2, 0.25) is 0 Å². The number of ether oxygens (including phenoxy) is 1. The Morgan fingerprint density at radius 3 is 2.47 bits per heavy atom. The maximum Gasteiger partial charge on any atom is 0.472 e. The summed E-state index contributed by atoms with van der Waals surface area (Å²) >= 11 is 0. The molecule has 1 atom stereocenters. The highest BCUT2D eigenvalue weighted by Gasteiger charge is 2.17. The van der Waals surface area contributed by atoms with Gasteiger partial charge < -0.3 is 9.63 Å². The molecule has 1 aromatic rings. The maximum absolute atomic E-state index is 10.9. The van der Waals surface area contributed by atoms with Crippen molar-refractivity contribution < 1.29 is 28.0 Å². The molecular formula is C10H13O6P. The van der Waals surface area contributed by atoms with E-state index in [4.69, 9.17) is 9.63 Å². The number of carbonyl (C=O) groups excluding carboxylic acids is 1. The molecule has 0 aromatic heterocycles. The lowest BCUT2D eigenvalue weighted by Gasteiger charge is -2.10. The van der Waals surface area contributed by atoms with Crippen LogP contribution in [0.5, 0.6) is 5.75 Å². The average molecular weight is 260 g/mol. The van der Waals surface area contributed by atoms with Gasteiger partial charge in [0.25, 0.3) is 0 Å². The molecule has 1 unspecified atom stereocenters. The molecule has 0 saturated heterocycles. The first kappa shape index (κ1) is 13.9. The molecule has 0 fully saturated rings. The van der Waals surface area contributed by atoms with E-state index < -0.39 is 7.82 Å². The molecule has 0 heterocycles. The summed E-state index contributed by atoms with van der Waals surface area (Å²) in [6.07, 6.45) is 0.730. The first-order valence-corrected chi connectivity index (χ1v) is 6.28. The van der Waals surface area contributed by atoms with E-state index in [1.807, 2.05) is 0 Å². The number of benzene rings is 1. The Hall–Kier alpha value is -1.20. The van der Waals surface area contributed by atoms with Gasteiger partial charge in [-0.05, 0) is 24.3 Å². The summed E-state index contributed by atoms with van der Waals surface area (Å²) in [5.74, 6) is 0.546. The second-order valence-corrected chi connectivity index (χ2v) is 4.58. The summed E-state index contributed by atoms with van der Waals surface area (Å²) in [7, 11) is -2.85. The first-order chi connectivity index (χ1) is 8.07. The Labute approximate surface area is 98.7 Å². The number of phosphoric acid groups is 1. The van der Waals surface area contributed by atoms with Gasteiger partial charge in [0.05, 0.1) is 6.61 Å². The normalized spacial score (nSPS) is 14.0. The van der Waals surface area contributed by atoms with Gasteiger partial charge in [0.15, 0.2) is 0 Å². The second kappa shape index (κ2) is 6.51. The Bertz CT molecular complexity index is 402. The zero-order valence-corrected chi connectivity index (χ0v) is 10.1. The van der Waals surface area contributed by atoms with E-state index in [0.717, 1.165) is 13.4 Å². The van der Waals surface area contributed by atoms with E-state index in [0.29, 0.717) is 11.3 Å². The molecule has 0 spiro atoms. The summed E-state index contributed by atoms with van der Waals surface area (Å²) in [6, 6.07) is 6.46. The van der Waals surface area contributed by atoms with Crippen LogP contribution in [0.3, 0.4) is 0 Å². The lowest BCUT2D eigenvalue weighted by molar-refractivity contribution is 0.112. The van der Waals surface area contributed by atoms with E-state index in [1.165, 1.54) is 0 Å². The van der Waals surface area contributed by atoms with Gasteiger partial charge in [-0.3, -0.25) is 13.8 Å². The van der Waals surface area contributed by atoms with Crippen molar-refractivity contribution in [1.29, 1.82) is 0 Å². The van der Waals surface area contributed by atoms with Crippen LogP contribution in [-0.4, -0.2) is 31.5 Å². The van der Waals surface area contributed by atoms with Crippen LogP contribution in [0.2, 0.25) is 0 Å². The summed E-state index contributed by atoms with van der Waals surface area (Å²) in [5.41, 5.74) is 0.549. The molecule has 0 saturated carbocycles. The Kier molecular flexibility index (Phi) is 5.31. The number of hydrogen-bond acceptors (Lipinski definition) is 5. The molecule has 0 radical (unpaired) electrons. The number of aldehydes is 1. The topological polar surface area (TPSA) is 82.1 Å². The molecule has 17 heavy (non-hydrogen) atoms. The Morgan fingerprint density at radius 2 is 1.94 bits per heavy atom. The SMILES string of the molecule is COP(=O)(O)OCCOc1ccc(C=O)cc1. The quantitative estimate of drug-likeness (QED) is 0.456. The first-order valence-electron chi connectivity index (χ1n) is 4.78. The zero-order chi connectivity index (χ0) is 12.7. The van der Waals surface area contributed by atoms with E-state index in [2.05, 4.69) is 9.05 Å². The van der Waals surface area contributed by atoms with Crippen LogP contribution < -0.4 is 4.74 Å². The number of rotatable bonds is 7. The van der Waals surface area contributed by atoms with Crippen molar-refractivity contribution in [2.45, 2.75) is 0 Å². The van der Waals surface area contributed by atoms with Crippen molar-refractivity contribution in [1.82, 2.24) is 0 Å². The van der Waals surface area contributed by atoms with Crippen molar-refractivity contribution in [3.05, 3.63) is 29.8 Å². The fourth-order valence-corrected chi connectivity index (χ4v) is 1.42. The lowest BCUT2D eigenvalue weighted by Crippen LogP contribution is -2.06. The lowest BCUT2D eigenvalue weighted by atomic mass is 10.2. The van der Waals surface area contributed by atoms with Crippen molar-refractivity contribution in [3.63, 3.8) is 0 Å². The van der Waals surface area contributed by atoms with Gasteiger partial charge in [-0.25, -0.2) is 4.57 Å². The third kappa shape index (κ3) is 5.10. The van der Waals surface area contributed by atoms with E-state index >= 15 is 0 Å². The van der Waals surface area contributed by atoms with Crippen molar-refractivity contribution in [3.8, 4) is 5.75 Å². The van der Waals surface area contributed by atoms with Crippen molar-refractivity contribution >= 4 is 14.1 Å². The molecule has 0 bridgehead atoms. The highest BCUT2D eigenvalue weighted by atomic mass is 31.2. The Morgan fingerprint density at radius 1 is 1.29 bits per heavy atom. The molecule has 0 amide bonds.